The van der Waals surface area contributed by atoms with E-state index in [2.05, 4.69) is 25.2 Å². The van der Waals surface area contributed by atoms with Crippen LogP contribution in [0.2, 0.25) is 0 Å². The molecule has 0 spiro atoms. The average molecular weight is 501 g/mol. The first-order valence-corrected chi connectivity index (χ1v) is 12.0. The van der Waals surface area contributed by atoms with Gasteiger partial charge in [0.15, 0.2) is 5.78 Å². The smallest absolute Gasteiger partial charge is 0.323 e. The lowest BCUT2D eigenvalue weighted by Crippen LogP contribution is -2.20. The Kier molecular flexibility index (Phi) is 6.63. The first-order chi connectivity index (χ1) is 18.0. The maximum atomic E-state index is 13.6. The van der Waals surface area contributed by atoms with Crippen LogP contribution >= 0.6 is 0 Å². The van der Waals surface area contributed by atoms with Crippen molar-refractivity contribution in [1.82, 2.24) is 14.5 Å². The molecule has 1 fully saturated rings. The van der Waals surface area contributed by atoms with Crippen LogP contribution in [0.5, 0.6) is 11.5 Å². The van der Waals surface area contributed by atoms with Gasteiger partial charge in [-0.15, -0.1) is 0 Å². The maximum absolute atomic E-state index is 13.6. The van der Waals surface area contributed by atoms with E-state index in [4.69, 9.17) is 15.2 Å². The number of anilines is 3. The molecule has 0 bridgehead atoms. The van der Waals surface area contributed by atoms with Crippen LogP contribution in [0.25, 0.3) is 11.0 Å². The molecule has 37 heavy (non-hydrogen) atoms. The molecule has 10 heteroatoms. The molecule has 0 radical (unpaired) electrons. The number of ketones is 1. The Bertz CT molecular complexity index is 1480. The molecule has 4 aromatic rings. The molecule has 2 heterocycles. The summed E-state index contributed by atoms with van der Waals surface area (Å²) in [6, 6.07) is 11.6. The second-order valence-electron chi connectivity index (χ2n) is 8.90. The van der Waals surface area contributed by atoms with Gasteiger partial charge in [-0.05, 0) is 37.1 Å². The number of carbonyl (C=O) groups excluding carboxylic acids is 2. The van der Waals surface area contributed by atoms with Crippen molar-refractivity contribution in [1.29, 1.82) is 0 Å². The zero-order valence-corrected chi connectivity index (χ0v) is 20.7. The highest BCUT2D eigenvalue weighted by Crippen LogP contribution is 2.36. The standard InChI is InChI=1S/C27H28N6O4/c1-36-19-10-11-22(37-2)21(13-19)32-27(35)31-17-7-5-6-16(12-17)24(34)20-14-33(18-8-3-4-9-18)26-23(20)25(28)29-15-30-26/h5-7,10-15,18H,3-4,8-9H2,1-2H3,(H2,28,29,30)(H2,31,32,35). The largest absolute Gasteiger partial charge is 0.497 e. The highest BCUT2D eigenvalue weighted by Gasteiger charge is 2.25. The zero-order valence-electron chi connectivity index (χ0n) is 20.7. The van der Waals surface area contributed by atoms with E-state index < -0.39 is 6.03 Å². The number of hydrogen-bond acceptors (Lipinski definition) is 7. The number of fused-ring (bicyclic) bond motifs is 1. The van der Waals surface area contributed by atoms with Crippen molar-refractivity contribution in [3.63, 3.8) is 0 Å². The van der Waals surface area contributed by atoms with Crippen LogP contribution in [0, 0.1) is 0 Å². The number of methoxy groups -OCH3 is 2. The molecule has 4 N–H and O–H groups in total. The highest BCUT2D eigenvalue weighted by molar-refractivity contribution is 6.18. The summed E-state index contributed by atoms with van der Waals surface area (Å²) in [6.45, 7) is 0. The molecule has 5 rings (SSSR count). The number of hydrogen-bond donors (Lipinski definition) is 3. The molecule has 0 saturated heterocycles. The molecule has 2 aromatic carbocycles. The zero-order chi connectivity index (χ0) is 25.9. The lowest BCUT2D eigenvalue weighted by Gasteiger charge is -2.13. The van der Waals surface area contributed by atoms with Gasteiger partial charge in [-0.3, -0.25) is 4.79 Å². The number of aromatic nitrogens is 3. The van der Waals surface area contributed by atoms with Crippen molar-refractivity contribution in [2.45, 2.75) is 31.7 Å². The van der Waals surface area contributed by atoms with E-state index in [-0.39, 0.29) is 17.6 Å². The van der Waals surface area contributed by atoms with Crippen LogP contribution in [-0.2, 0) is 0 Å². The Hall–Kier alpha value is -4.60. The molecule has 190 valence electrons. The number of rotatable bonds is 7. The summed E-state index contributed by atoms with van der Waals surface area (Å²) in [4.78, 5) is 34.9. The Morgan fingerprint density at radius 3 is 2.59 bits per heavy atom. The second kappa shape index (κ2) is 10.2. The topological polar surface area (TPSA) is 133 Å². The lowest BCUT2D eigenvalue weighted by atomic mass is 10.0. The van der Waals surface area contributed by atoms with E-state index in [1.165, 1.54) is 13.4 Å². The van der Waals surface area contributed by atoms with Crippen LogP contribution in [0.1, 0.15) is 47.6 Å². The lowest BCUT2D eigenvalue weighted by molar-refractivity contribution is 0.104. The number of benzene rings is 2. The molecular formula is C27H28N6O4. The van der Waals surface area contributed by atoms with Gasteiger partial charge in [-0.1, -0.05) is 25.0 Å². The molecule has 1 aliphatic rings. The number of urea groups is 1. The Balaban J connectivity index is 1.40. The van der Waals surface area contributed by atoms with Gasteiger partial charge in [0.1, 0.15) is 29.3 Å². The third-order valence-corrected chi connectivity index (χ3v) is 6.64. The Labute approximate surface area is 213 Å². The van der Waals surface area contributed by atoms with Crippen LogP contribution in [0.15, 0.2) is 55.0 Å². The van der Waals surface area contributed by atoms with E-state index in [0.29, 0.717) is 45.0 Å². The predicted molar refractivity (Wildman–Crippen MR) is 142 cm³/mol. The van der Waals surface area contributed by atoms with Crippen molar-refractivity contribution in [3.8, 4) is 11.5 Å². The molecule has 1 aliphatic carbocycles. The van der Waals surface area contributed by atoms with E-state index in [1.54, 1.807) is 49.6 Å². The highest BCUT2D eigenvalue weighted by atomic mass is 16.5. The van der Waals surface area contributed by atoms with Crippen LogP contribution in [0.3, 0.4) is 0 Å². The fourth-order valence-electron chi connectivity index (χ4n) is 4.83. The van der Waals surface area contributed by atoms with Crippen LogP contribution in [-0.4, -0.2) is 40.6 Å². The molecule has 0 unspecified atom stereocenters. The quantitative estimate of drug-likeness (QED) is 0.303. The molecule has 2 amide bonds. The van der Waals surface area contributed by atoms with Gasteiger partial charge < -0.3 is 30.4 Å². The monoisotopic (exact) mass is 500 g/mol. The Morgan fingerprint density at radius 1 is 1.03 bits per heavy atom. The second-order valence-corrected chi connectivity index (χ2v) is 8.90. The normalized spacial score (nSPS) is 13.5. The predicted octanol–water partition coefficient (Wildman–Crippen LogP) is 5.02. The van der Waals surface area contributed by atoms with Gasteiger partial charge in [0, 0.05) is 29.6 Å². The van der Waals surface area contributed by atoms with Crippen molar-refractivity contribution >= 4 is 40.0 Å². The number of nitrogens with two attached hydrogens (primary N) is 1. The SMILES string of the molecule is COc1ccc(OC)c(NC(=O)Nc2cccc(C(=O)c3cn(C4CCCC4)c4ncnc(N)c34)c2)c1. The van der Waals surface area contributed by atoms with Gasteiger partial charge in [-0.2, -0.15) is 0 Å². The molecule has 0 atom stereocenters. The van der Waals surface area contributed by atoms with Gasteiger partial charge in [0.25, 0.3) is 0 Å². The minimum Gasteiger partial charge on any atom is -0.497 e. The van der Waals surface area contributed by atoms with Gasteiger partial charge >= 0.3 is 6.03 Å². The van der Waals surface area contributed by atoms with Gasteiger partial charge in [0.05, 0.1) is 30.9 Å². The minimum absolute atomic E-state index is 0.221. The van der Waals surface area contributed by atoms with Crippen LogP contribution < -0.4 is 25.8 Å². The fourth-order valence-corrected chi connectivity index (χ4v) is 4.83. The molecular weight excluding hydrogens is 472 g/mol. The summed E-state index contributed by atoms with van der Waals surface area (Å²) >= 11 is 0. The average Bonchev–Trinajstić information content (AvgIpc) is 3.57. The van der Waals surface area contributed by atoms with Gasteiger partial charge in [-0.25, -0.2) is 14.8 Å². The van der Waals surface area contributed by atoms with Crippen molar-refractivity contribution in [2.24, 2.45) is 0 Å². The van der Waals surface area contributed by atoms with E-state index in [0.717, 1.165) is 25.7 Å². The summed E-state index contributed by atoms with van der Waals surface area (Å²) in [5.74, 6) is 1.11. The van der Waals surface area contributed by atoms with Crippen molar-refractivity contribution in [2.75, 3.05) is 30.6 Å². The number of nitrogen functional groups attached to an aromatic ring is 1. The van der Waals surface area contributed by atoms with Crippen molar-refractivity contribution in [3.05, 3.63) is 66.1 Å². The van der Waals surface area contributed by atoms with Crippen LogP contribution in [0.4, 0.5) is 22.0 Å². The number of carbonyl (C=O) groups is 2. The first-order valence-electron chi connectivity index (χ1n) is 12.0. The summed E-state index contributed by atoms with van der Waals surface area (Å²) in [6.07, 6.45) is 7.63. The third-order valence-electron chi connectivity index (χ3n) is 6.64. The third kappa shape index (κ3) is 4.77. The summed E-state index contributed by atoms with van der Waals surface area (Å²) in [5, 5.41) is 6.08. The summed E-state index contributed by atoms with van der Waals surface area (Å²) < 4.78 is 12.6. The number of nitrogens with one attached hydrogen (secondary N) is 2. The molecule has 0 aliphatic heterocycles. The first kappa shape index (κ1) is 24.1. The maximum Gasteiger partial charge on any atom is 0.323 e. The van der Waals surface area contributed by atoms with E-state index >= 15 is 0 Å². The van der Waals surface area contributed by atoms with Gasteiger partial charge in [0.2, 0.25) is 0 Å². The van der Waals surface area contributed by atoms with E-state index in [9.17, 15) is 9.59 Å². The molecule has 2 aromatic heterocycles. The Morgan fingerprint density at radius 2 is 1.84 bits per heavy atom. The number of amides is 2. The molecule has 10 nitrogen and oxygen atoms in total. The number of nitrogens with zero attached hydrogens (tertiary/aromatic N) is 3. The number of ether oxygens (including phenoxy) is 2. The summed E-state index contributed by atoms with van der Waals surface area (Å²) in [5.41, 5.74) is 8.62. The summed E-state index contributed by atoms with van der Waals surface area (Å²) in [7, 11) is 3.06. The molecule has 1 saturated carbocycles. The van der Waals surface area contributed by atoms with E-state index in [1.807, 2.05) is 6.20 Å². The fraction of sp³-hybridized carbons (Fsp3) is 0.259. The minimum atomic E-state index is -0.494. The van der Waals surface area contributed by atoms with Crippen molar-refractivity contribution < 1.29 is 19.1 Å².